The lowest BCUT2D eigenvalue weighted by atomic mass is 9.87. The van der Waals surface area contributed by atoms with E-state index in [1.807, 2.05) is 20.8 Å². The average Bonchev–Trinajstić information content (AvgIpc) is 3.01. The first kappa shape index (κ1) is 22.0. The molecule has 0 fully saturated rings. The van der Waals surface area contributed by atoms with E-state index in [2.05, 4.69) is 9.71 Å². The van der Waals surface area contributed by atoms with Crippen molar-refractivity contribution in [3.63, 3.8) is 0 Å². The number of carbonyl (C=O) groups excluding carboxylic acids is 2. The molecule has 0 saturated heterocycles. The topological polar surface area (TPSA) is 96.4 Å². The number of carbonyl (C=O) groups is 2. The molecule has 9 heteroatoms. The van der Waals surface area contributed by atoms with Crippen molar-refractivity contribution >= 4 is 44.9 Å². The van der Waals surface area contributed by atoms with Crippen molar-refractivity contribution in [1.82, 2.24) is 4.98 Å². The van der Waals surface area contributed by atoms with Crippen LogP contribution in [0.15, 0.2) is 65.7 Å². The number of hydrogen-bond acceptors (Lipinski definition) is 5. The number of amides is 2. The fraction of sp³-hybridized carbons (Fsp3) is 0.174. The summed E-state index contributed by atoms with van der Waals surface area (Å²) in [4.78, 5) is 31.1. The Morgan fingerprint density at radius 1 is 0.906 bits per heavy atom. The van der Waals surface area contributed by atoms with Crippen molar-refractivity contribution in [2.24, 2.45) is 0 Å². The van der Waals surface area contributed by atoms with Crippen LogP contribution in [0.4, 0.5) is 11.5 Å². The monoisotopic (exact) mass is 469 g/mol. The van der Waals surface area contributed by atoms with Gasteiger partial charge in [-0.2, -0.15) is 0 Å². The molecule has 2 aromatic carbocycles. The van der Waals surface area contributed by atoms with E-state index in [-0.39, 0.29) is 38.0 Å². The molecule has 1 aliphatic rings. The molecule has 0 aliphatic carbocycles. The third kappa shape index (κ3) is 3.76. The molecule has 2 heterocycles. The van der Waals surface area contributed by atoms with E-state index in [4.69, 9.17) is 11.6 Å². The Morgan fingerprint density at radius 3 is 2.16 bits per heavy atom. The first-order chi connectivity index (χ1) is 15.0. The molecule has 2 amide bonds. The molecule has 4 rings (SSSR count). The Morgan fingerprint density at radius 2 is 1.56 bits per heavy atom. The number of nitrogens with zero attached hydrogens (tertiary/aromatic N) is 2. The van der Waals surface area contributed by atoms with Crippen molar-refractivity contribution in [1.29, 1.82) is 0 Å². The first-order valence-electron chi connectivity index (χ1n) is 9.76. The zero-order chi connectivity index (χ0) is 23.3. The Bertz CT molecular complexity index is 1330. The van der Waals surface area contributed by atoms with Gasteiger partial charge in [-0.25, -0.2) is 18.3 Å². The summed E-state index contributed by atoms with van der Waals surface area (Å²) >= 11 is 6.21. The van der Waals surface area contributed by atoms with Crippen LogP contribution in [0.25, 0.3) is 0 Å². The molecule has 7 nitrogen and oxygen atoms in total. The summed E-state index contributed by atoms with van der Waals surface area (Å²) < 4.78 is 28.5. The molecule has 0 unspecified atom stereocenters. The van der Waals surface area contributed by atoms with Crippen molar-refractivity contribution in [2.45, 2.75) is 31.1 Å². The third-order valence-corrected chi connectivity index (χ3v) is 6.84. The molecule has 1 aliphatic heterocycles. The second kappa shape index (κ2) is 7.72. The highest BCUT2D eigenvalue weighted by Gasteiger charge is 2.41. The van der Waals surface area contributed by atoms with E-state index < -0.39 is 21.8 Å². The minimum atomic E-state index is -4.02. The Labute approximate surface area is 191 Å². The number of nitrogens with one attached hydrogen (secondary N) is 1. The molecule has 164 valence electrons. The normalized spacial score (nSPS) is 13.9. The maximum Gasteiger partial charge on any atom is 0.269 e. The summed E-state index contributed by atoms with van der Waals surface area (Å²) in [6.07, 6.45) is 1.45. The summed E-state index contributed by atoms with van der Waals surface area (Å²) in [5.74, 6) is -1.24. The maximum absolute atomic E-state index is 13.1. The average molecular weight is 470 g/mol. The van der Waals surface area contributed by atoms with Crippen molar-refractivity contribution < 1.29 is 18.0 Å². The van der Waals surface area contributed by atoms with Gasteiger partial charge < -0.3 is 0 Å². The highest BCUT2D eigenvalue weighted by Crippen LogP contribution is 2.37. The molecule has 0 saturated carbocycles. The zero-order valence-corrected chi connectivity index (χ0v) is 19.2. The van der Waals surface area contributed by atoms with E-state index in [1.165, 1.54) is 36.5 Å². The van der Waals surface area contributed by atoms with E-state index in [1.54, 1.807) is 24.3 Å². The molecular formula is C23H20ClN3O4S. The number of pyridine rings is 1. The lowest BCUT2D eigenvalue weighted by molar-refractivity contribution is 0.0925. The van der Waals surface area contributed by atoms with Gasteiger partial charge in [0.25, 0.3) is 21.8 Å². The molecule has 3 aromatic rings. The number of imide groups is 1. The lowest BCUT2D eigenvalue weighted by Gasteiger charge is -2.19. The molecule has 1 aromatic heterocycles. The highest BCUT2D eigenvalue weighted by atomic mass is 35.5. The Hall–Kier alpha value is -3.23. The van der Waals surface area contributed by atoms with Crippen LogP contribution >= 0.6 is 11.6 Å². The fourth-order valence-corrected chi connectivity index (χ4v) is 4.75. The van der Waals surface area contributed by atoms with Gasteiger partial charge in [-0.15, -0.1) is 0 Å². The number of sulfonamides is 1. The second-order valence-corrected chi connectivity index (χ2v) is 10.4. The summed E-state index contributed by atoms with van der Waals surface area (Å²) in [5, 5.41) is 0.0502. The van der Waals surface area contributed by atoms with Gasteiger partial charge in [0.2, 0.25) is 0 Å². The zero-order valence-electron chi connectivity index (χ0n) is 17.6. The number of aromatic nitrogens is 1. The van der Waals surface area contributed by atoms with E-state index in [9.17, 15) is 18.0 Å². The van der Waals surface area contributed by atoms with Crippen LogP contribution in [0.3, 0.4) is 0 Å². The standard InChI is InChI=1S/C23H20ClN3O4S/c1-23(2,3)14-7-9-15(10-8-14)32(30,31)26-17-12-11-16(24)19-20(17)22(29)27(21(19)28)18-6-4-5-13-25-18/h4-13,26H,1-3H3. The molecular weight excluding hydrogens is 450 g/mol. The van der Waals surface area contributed by atoms with Crippen LogP contribution < -0.4 is 9.62 Å². The van der Waals surface area contributed by atoms with E-state index in [0.717, 1.165) is 10.5 Å². The van der Waals surface area contributed by atoms with Crippen LogP contribution in [0.1, 0.15) is 47.1 Å². The number of hydrogen-bond donors (Lipinski definition) is 1. The van der Waals surface area contributed by atoms with Crippen molar-refractivity contribution in [3.05, 3.63) is 82.5 Å². The second-order valence-electron chi connectivity index (χ2n) is 8.36. The molecule has 0 spiro atoms. The first-order valence-corrected chi connectivity index (χ1v) is 11.6. The molecule has 0 radical (unpaired) electrons. The third-order valence-electron chi connectivity index (χ3n) is 5.14. The SMILES string of the molecule is CC(C)(C)c1ccc(S(=O)(=O)Nc2ccc(Cl)c3c2C(=O)N(c2ccccn2)C3=O)cc1. The van der Waals surface area contributed by atoms with Gasteiger partial charge in [-0.3, -0.25) is 14.3 Å². The molecule has 0 atom stereocenters. The van der Waals surface area contributed by atoms with Crippen LogP contribution in [-0.2, 0) is 15.4 Å². The lowest BCUT2D eigenvalue weighted by Crippen LogP contribution is -2.30. The number of halogens is 1. The van der Waals surface area contributed by atoms with Gasteiger partial charge in [0, 0.05) is 6.20 Å². The van der Waals surface area contributed by atoms with Gasteiger partial charge >= 0.3 is 0 Å². The van der Waals surface area contributed by atoms with Gasteiger partial charge in [0.1, 0.15) is 5.82 Å². The number of fused-ring (bicyclic) bond motifs is 1. The summed E-state index contributed by atoms with van der Waals surface area (Å²) in [7, 11) is -4.02. The van der Waals surface area contributed by atoms with Crippen molar-refractivity contribution in [2.75, 3.05) is 9.62 Å². The quantitative estimate of drug-likeness (QED) is 0.562. The van der Waals surface area contributed by atoms with E-state index in [0.29, 0.717) is 0 Å². The van der Waals surface area contributed by atoms with Gasteiger partial charge in [-0.05, 0) is 47.4 Å². The van der Waals surface area contributed by atoms with Crippen LogP contribution in [0, 0.1) is 0 Å². The van der Waals surface area contributed by atoms with Crippen LogP contribution in [-0.4, -0.2) is 25.2 Å². The smallest absolute Gasteiger partial charge is 0.269 e. The number of rotatable bonds is 4. The summed E-state index contributed by atoms with van der Waals surface area (Å²) in [5.41, 5.74) is 0.652. The number of benzene rings is 2. The largest absolute Gasteiger partial charge is 0.279 e. The molecule has 32 heavy (non-hydrogen) atoms. The minimum absolute atomic E-state index is 0.0268. The summed E-state index contributed by atoms with van der Waals surface area (Å²) in [6, 6.07) is 14.1. The fourth-order valence-electron chi connectivity index (χ4n) is 3.44. The van der Waals surface area contributed by atoms with Crippen LogP contribution in [0.2, 0.25) is 5.02 Å². The summed E-state index contributed by atoms with van der Waals surface area (Å²) in [6.45, 7) is 6.09. The maximum atomic E-state index is 13.1. The Balaban J connectivity index is 1.74. The predicted octanol–water partition coefficient (Wildman–Crippen LogP) is 4.63. The van der Waals surface area contributed by atoms with Gasteiger partial charge in [0.15, 0.2) is 0 Å². The number of anilines is 2. The van der Waals surface area contributed by atoms with Gasteiger partial charge in [-0.1, -0.05) is 50.6 Å². The highest BCUT2D eigenvalue weighted by molar-refractivity contribution is 7.92. The van der Waals surface area contributed by atoms with Gasteiger partial charge in [0.05, 0.1) is 26.7 Å². The van der Waals surface area contributed by atoms with Crippen LogP contribution in [0.5, 0.6) is 0 Å². The van der Waals surface area contributed by atoms with E-state index >= 15 is 0 Å². The predicted molar refractivity (Wildman–Crippen MR) is 123 cm³/mol. The van der Waals surface area contributed by atoms with Crippen molar-refractivity contribution in [3.8, 4) is 0 Å². The molecule has 1 N–H and O–H groups in total. The molecule has 0 bridgehead atoms. The Kier molecular flexibility index (Phi) is 5.30. The minimum Gasteiger partial charge on any atom is -0.279 e.